The van der Waals surface area contributed by atoms with Crippen molar-refractivity contribution in [2.24, 2.45) is 17.8 Å². The first-order valence-corrected chi connectivity index (χ1v) is 5.93. The average Bonchev–Trinajstić information content (AvgIpc) is 3.03. The van der Waals surface area contributed by atoms with Crippen LogP contribution in [0.2, 0.25) is 0 Å². The molecule has 3 heteroatoms. The molecule has 1 N–H and O–H groups in total. The summed E-state index contributed by atoms with van der Waals surface area (Å²) < 4.78 is 0. The van der Waals surface area contributed by atoms with E-state index >= 15 is 0 Å². The van der Waals surface area contributed by atoms with Gasteiger partial charge in [0.1, 0.15) is 0 Å². The summed E-state index contributed by atoms with van der Waals surface area (Å²) in [5, 5.41) is 11.6. The van der Waals surface area contributed by atoms with Crippen LogP contribution in [-0.2, 0) is 4.79 Å². The number of rotatable bonds is 5. The molecule has 3 nitrogen and oxygen atoms in total. The van der Waals surface area contributed by atoms with Crippen LogP contribution in [0.4, 0.5) is 0 Å². The van der Waals surface area contributed by atoms with Gasteiger partial charge in [-0.15, -0.1) is 0 Å². The van der Waals surface area contributed by atoms with E-state index in [1.807, 2.05) is 6.92 Å². The highest BCUT2D eigenvalue weighted by Crippen LogP contribution is 2.54. The molecule has 0 bridgehead atoms. The lowest BCUT2D eigenvalue weighted by Crippen LogP contribution is -2.35. The fourth-order valence-corrected chi connectivity index (χ4v) is 2.28. The third-order valence-electron chi connectivity index (χ3n) is 3.58. The molecule has 2 rings (SSSR count). The van der Waals surface area contributed by atoms with Gasteiger partial charge in [-0.05, 0) is 37.5 Å². The molecule has 2 saturated carbocycles. The molecule has 0 aromatic rings. The predicted molar refractivity (Wildman–Crippen MR) is 56.8 cm³/mol. The fraction of sp³-hybridized carbons (Fsp3) is 0.833. The lowest BCUT2D eigenvalue weighted by Gasteiger charge is -2.13. The number of hydrogen-bond donors (Lipinski definition) is 1. The number of nitrogens with one attached hydrogen (secondary N) is 1. The summed E-state index contributed by atoms with van der Waals surface area (Å²) in [7, 11) is 0. The molecule has 0 radical (unpaired) electrons. The molecule has 0 unspecified atom stereocenters. The van der Waals surface area contributed by atoms with E-state index in [9.17, 15) is 4.79 Å². The van der Waals surface area contributed by atoms with Crippen molar-refractivity contribution in [2.45, 2.75) is 45.1 Å². The molecule has 0 spiro atoms. The molecule has 0 heterocycles. The number of nitriles is 1. The van der Waals surface area contributed by atoms with Crippen molar-refractivity contribution in [1.82, 2.24) is 5.32 Å². The SMILES string of the molecule is CC[C@H](CC#N)NC(=O)[C@@H]1C[C@H]1C1CC1. The van der Waals surface area contributed by atoms with E-state index in [0.717, 1.165) is 18.8 Å². The maximum Gasteiger partial charge on any atom is 0.223 e. The van der Waals surface area contributed by atoms with E-state index < -0.39 is 0 Å². The number of nitrogens with zero attached hydrogens (tertiary/aromatic N) is 1. The molecule has 15 heavy (non-hydrogen) atoms. The summed E-state index contributed by atoms with van der Waals surface area (Å²) in [6.07, 6.45) is 5.01. The van der Waals surface area contributed by atoms with Gasteiger partial charge >= 0.3 is 0 Å². The van der Waals surface area contributed by atoms with Gasteiger partial charge in [0.15, 0.2) is 0 Å². The Morgan fingerprint density at radius 2 is 2.33 bits per heavy atom. The smallest absolute Gasteiger partial charge is 0.223 e. The van der Waals surface area contributed by atoms with Gasteiger partial charge in [0.2, 0.25) is 5.91 Å². The van der Waals surface area contributed by atoms with Gasteiger partial charge in [0, 0.05) is 12.0 Å². The second kappa shape index (κ2) is 4.22. The van der Waals surface area contributed by atoms with E-state index in [1.54, 1.807) is 0 Å². The van der Waals surface area contributed by atoms with E-state index in [2.05, 4.69) is 11.4 Å². The maximum atomic E-state index is 11.8. The van der Waals surface area contributed by atoms with Crippen LogP contribution in [0.1, 0.15) is 39.0 Å². The Morgan fingerprint density at radius 1 is 1.60 bits per heavy atom. The van der Waals surface area contributed by atoms with E-state index in [1.165, 1.54) is 12.8 Å². The molecule has 1 amide bonds. The van der Waals surface area contributed by atoms with E-state index in [0.29, 0.717) is 12.3 Å². The third-order valence-corrected chi connectivity index (χ3v) is 3.58. The normalized spacial score (nSPS) is 30.4. The predicted octanol–water partition coefficient (Wildman–Crippen LogP) is 1.84. The van der Waals surface area contributed by atoms with Crippen molar-refractivity contribution < 1.29 is 4.79 Å². The van der Waals surface area contributed by atoms with Gasteiger partial charge < -0.3 is 5.32 Å². The molecule has 2 aliphatic carbocycles. The molecule has 82 valence electrons. The fourth-order valence-electron chi connectivity index (χ4n) is 2.28. The van der Waals surface area contributed by atoms with E-state index in [-0.39, 0.29) is 17.9 Å². The molecule has 2 aliphatic rings. The van der Waals surface area contributed by atoms with Gasteiger partial charge in [-0.1, -0.05) is 6.92 Å². The van der Waals surface area contributed by atoms with Crippen LogP contribution >= 0.6 is 0 Å². The van der Waals surface area contributed by atoms with Gasteiger partial charge in [0.25, 0.3) is 0 Å². The molecule has 2 fully saturated rings. The van der Waals surface area contributed by atoms with Gasteiger partial charge in [0.05, 0.1) is 12.5 Å². The van der Waals surface area contributed by atoms with Crippen LogP contribution in [0, 0.1) is 29.1 Å². The number of hydrogen-bond acceptors (Lipinski definition) is 2. The lowest BCUT2D eigenvalue weighted by molar-refractivity contribution is -0.123. The number of amides is 1. The summed E-state index contributed by atoms with van der Waals surface area (Å²) in [4.78, 5) is 11.8. The second-order valence-electron chi connectivity index (χ2n) is 4.82. The van der Waals surface area contributed by atoms with Gasteiger partial charge in [-0.3, -0.25) is 4.79 Å². The Labute approximate surface area is 90.8 Å². The first kappa shape index (κ1) is 10.5. The standard InChI is InChI=1S/C12H18N2O/c1-2-9(5-6-13)14-12(15)11-7-10(11)8-3-4-8/h8-11H,2-5,7H2,1H3,(H,14,15)/t9-,10+,11-/m1/s1. The maximum absolute atomic E-state index is 11.8. The van der Waals surface area contributed by atoms with Crippen LogP contribution in [0.5, 0.6) is 0 Å². The van der Waals surface area contributed by atoms with Gasteiger partial charge in [-0.25, -0.2) is 0 Å². The molecular weight excluding hydrogens is 188 g/mol. The summed E-state index contributed by atoms with van der Waals surface area (Å²) in [5.74, 6) is 1.97. The highest BCUT2D eigenvalue weighted by molar-refractivity contribution is 5.82. The zero-order valence-corrected chi connectivity index (χ0v) is 9.20. The van der Waals surface area contributed by atoms with Crippen molar-refractivity contribution in [3.63, 3.8) is 0 Å². The monoisotopic (exact) mass is 206 g/mol. The van der Waals surface area contributed by atoms with Crippen LogP contribution in [-0.4, -0.2) is 11.9 Å². The average molecular weight is 206 g/mol. The molecular formula is C12H18N2O. The molecule has 0 aromatic carbocycles. The highest BCUT2D eigenvalue weighted by Gasteiger charge is 2.51. The van der Waals surface area contributed by atoms with Crippen LogP contribution in [0.3, 0.4) is 0 Å². The second-order valence-corrected chi connectivity index (χ2v) is 4.82. The topological polar surface area (TPSA) is 52.9 Å². The number of carbonyl (C=O) groups excluding carboxylic acids is 1. The Kier molecular flexibility index (Phi) is 2.95. The largest absolute Gasteiger partial charge is 0.352 e. The summed E-state index contributed by atoms with van der Waals surface area (Å²) in [5.41, 5.74) is 0. The van der Waals surface area contributed by atoms with Crippen molar-refractivity contribution in [3.8, 4) is 6.07 Å². The highest BCUT2D eigenvalue weighted by atomic mass is 16.2. The van der Waals surface area contributed by atoms with Crippen molar-refractivity contribution in [1.29, 1.82) is 5.26 Å². The minimum Gasteiger partial charge on any atom is -0.352 e. The molecule has 0 aromatic heterocycles. The number of carbonyl (C=O) groups is 1. The zero-order valence-electron chi connectivity index (χ0n) is 9.20. The first-order chi connectivity index (χ1) is 7.26. The van der Waals surface area contributed by atoms with Crippen molar-refractivity contribution in [3.05, 3.63) is 0 Å². The molecule has 0 saturated heterocycles. The summed E-state index contributed by atoms with van der Waals surface area (Å²) in [6, 6.07) is 2.17. The third kappa shape index (κ3) is 2.50. The Balaban J connectivity index is 1.74. The Morgan fingerprint density at radius 3 is 2.87 bits per heavy atom. The summed E-state index contributed by atoms with van der Waals surface area (Å²) in [6.45, 7) is 2.01. The molecule has 0 aliphatic heterocycles. The van der Waals surface area contributed by atoms with Crippen LogP contribution in [0.25, 0.3) is 0 Å². The zero-order chi connectivity index (χ0) is 10.8. The Hall–Kier alpha value is -1.04. The molecule has 3 atom stereocenters. The Bertz CT molecular complexity index is 290. The minimum absolute atomic E-state index is 0.0583. The van der Waals surface area contributed by atoms with Crippen molar-refractivity contribution in [2.75, 3.05) is 0 Å². The minimum atomic E-state index is 0.0583. The van der Waals surface area contributed by atoms with Crippen LogP contribution < -0.4 is 5.32 Å². The van der Waals surface area contributed by atoms with E-state index in [4.69, 9.17) is 5.26 Å². The van der Waals surface area contributed by atoms with Gasteiger partial charge in [-0.2, -0.15) is 5.26 Å². The van der Waals surface area contributed by atoms with Crippen molar-refractivity contribution >= 4 is 5.91 Å². The van der Waals surface area contributed by atoms with Crippen LogP contribution in [0.15, 0.2) is 0 Å². The quantitative estimate of drug-likeness (QED) is 0.746. The first-order valence-electron chi connectivity index (χ1n) is 5.93. The lowest BCUT2D eigenvalue weighted by atomic mass is 10.1. The summed E-state index contributed by atoms with van der Waals surface area (Å²) >= 11 is 0.